The number of alkyl carbamates (subject to hydrolysis) is 1. The predicted octanol–water partition coefficient (Wildman–Crippen LogP) is 3.10. The molecule has 9 heteroatoms. The lowest BCUT2D eigenvalue weighted by atomic mass is 10.0. The van der Waals surface area contributed by atoms with Gasteiger partial charge in [-0.05, 0) is 30.7 Å². The molecule has 0 saturated carbocycles. The maximum Gasteiger partial charge on any atom is 0.407 e. The zero-order valence-electron chi connectivity index (χ0n) is 19.5. The number of aryl methyl sites for hydroxylation is 1. The second kappa shape index (κ2) is 10.4. The van der Waals surface area contributed by atoms with Crippen LogP contribution in [0.15, 0.2) is 35.7 Å². The molecule has 3 saturated heterocycles. The van der Waals surface area contributed by atoms with Gasteiger partial charge in [0.1, 0.15) is 11.8 Å². The van der Waals surface area contributed by atoms with E-state index in [-0.39, 0.29) is 24.1 Å². The number of fused-ring (bicyclic) bond motifs is 1. The predicted molar refractivity (Wildman–Crippen MR) is 129 cm³/mol. The fraction of sp³-hybridized carbons (Fsp3) is 0.560. The van der Waals surface area contributed by atoms with E-state index < -0.39 is 0 Å². The molecule has 0 spiro atoms. The number of benzene rings is 1. The van der Waals surface area contributed by atoms with E-state index in [2.05, 4.69) is 15.2 Å². The van der Waals surface area contributed by atoms with Crippen molar-refractivity contribution in [2.45, 2.75) is 31.9 Å². The molecule has 1 aromatic carbocycles. The lowest BCUT2D eigenvalue weighted by Gasteiger charge is -2.25. The Labute approximate surface area is 204 Å². The van der Waals surface area contributed by atoms with Gasteiger partial charge < -0.3 is 24.6 Å². The van der Waals surface area contributed by atoms with Crippen molar-refractivity contribution in [3.63, 3.8) is 0 Å². The van der Waals surface area contributed by atoms with E-state index in [0.29, 0.717) is 30.7 Å². The van der Waals surface area contributed by atoms with Crippen LogP contribution in [0, 0.1) is 18.8 Å². The van der Waals surface area contributed by atoms with Gasteiger partial charge in [-0.1, -0.05) is 30.3 Å². The average Bonchev–Trinajstić information content (AvgIpc) is 3.62. The molecule has 2 amide bonds. The van der Waals surface area contributed by atoms with Crippen LogP contribution in [-0.2, 0) is 9.47 Å². The number of likely N-dealkylation sites (tertiary alicyclic amines) is 2. The Bertz CT molecular complexity index is 980. The summed E-state index contributed by atoms with van der Waals surface area (Å²) < 4.78 is 10.8. The van der Waals surface area contributed by atoms with Crippen LogP contribution in [0.3, 0.4) is 0 Å². The number of thiazole rings is 1. The summed E-state index contributed by atoms with van der Waals surface area (Å²) in [6.45, 7) is 7.49. The van der Waals surface area contributed by atoms with E-state index in [1.54, 1.807) is 0 Å². The molecule has 3 unspecified atom stereocenters. The van der Waals surface area contributed by atoms with Gasteiger partial charge in [0.15, 0.2) is 0 Å². The normalized spacial score (nSPS) is 25.3. The fourth-order valence-corrected chi connectivity index (χ4v) is 5.90. The van der Waals surface area contributed by atoms with E-state index in [1.807, 2.05) is 47.5 Å². The first-order valence-electron chi connectivity index (χ1n) is 12.1. The highest BCUT2D eigenvalue weighted by atomic mass is 32.1. The number of nitrogens with one attached hydrogen (secondary N) is 1. The minimum atomic E-state index is -0.380. The average molecular weight is 485 g/mol. The van der Waals surface area contributed by atoms with Crippen LogP contribution in [0.25, 0.3) is 0 Å². The molecule has 0 radical (unpaired) electrons. The minimum absolute atomic E-state index is 0.0600. The monoisotopic (exact) mass is 484 g/mol. The second-order valence-electron chi connectivity index (χ2n) is 9.53. The summed E-state index contributed by atoms with van der Waals surface area (Å²) in [4.78, 5) is 34.1. The number of carbonyl (C=O) groups is 2. The van der Waals surface area contributed by atoms with Gasteiger partial charge in [0.2, 0.25) is 0 Å². The van der Waals surface area contributed by atoms with Crippen molar-refractivity contribution in [3.05, 3.63) is 52.0 Å². The SMILES string of the molecule is Cc1nc(C(=O)N2CC3CN(CCC(NC(=O)OC4CCOC4)c4ccccc4)C[C@H]3C2)cs1. The lowest BCUT2D eigenvalue weighted by molar-refractivity contribution is 0.0768. The largest absolute Gasteiger partial charge is 0.444 e. The van der Waals surface area contributed by atoms with Gasteiger partial charge in [0.25, 0.3) is 5.91 Å². The molecule has 3 fully saturated rings. The number of nitrogens with zero attached hydrogens (tertiary/aromatic N) is 3. The molecule has 182 valence electrons. The second-order valence-corrected chi connectivity index (χ2v) is 10.6. The van der Waals surface area contributed by atoms with Crippen molar-refractivity contribution >= 4 is 23.3 Å². The number of aromatic nitrogens is 1. The van der Waals surface area contributed by atoms with Crippen LogP contribution in [0.1, 0.15) is 39.9 Å². The molecule has 0 aliphatic carbocycles. The van der Waals surface area contributed by atoms with Crippen LogP contribution in [-0.4, -0.2) is 78.8 Å². The molecule has 1 aromatic heterocycles. The van der Waals surface area contributed by atoms with E-state index in [0.717, 1.165) is 56.1 Å². The van der Waals surface area contributed by atoms with Crippen molar-refractivity contribution in [1.29, 1.82) is 0 Å². The van der Waals surface area contributed by atoms with Crippen molar-refractivity contribution in [1.82, 2.24) is 20.1 Å². The summed E-state index contributed by atoms with van der Waals surface area (Å²) in [7, 11) is 0. The number of carbonyl (C=O) groups excluding carboxylic acids is 2. The van der Waals surface area contributed by atoms with Gasteiger partial charge in [-0.15, -0.1) is 11.3 Å². The van der Waals surface area contributed by atoms with Crippen LogP contribution in [0.4, 0.5) is 4.79 Å². The van der Waals surface area contributed by atoms with Crippen LogP contribution < -0.4 is 5.32 Å². The highest BCUT2D eigenvalue weighted by Gasteiger charge is 2.42. The fourth-order valence-electron chi connectivity index (χ4n) is 5.32. The topological polar surface area (TPSA) is 84.0 Å². The van der Waals surface area contributed by atoms with Crippen LogP contribution >= 0.6 is 11.3 Å². The van der Waals surface area contributed by atoms with E-state index in [1.165, 1.54) is 11.3 Å². The smallest absolute Gasteiger partial charge is 0.407 e. The summed E-state index contributed by atoms with van der Waals surface area (Å²) in [5.41, 5.74) is 1.66. The van der Waals surface area contributed by atoms with Crippen molar-refractivity contribution < 1.29 is 19.1 Å². The van der Waals surface area contributed by atoms with Gasteiger partial charge in [-0.25, -0.2) is 9.78 Å². The van der Waals surface area contributed by atoms with Crippen LogP contribution in [0.5, 0.6) is 0 Å². The van der Waals surface area contributed by atoms with E-state index >= 15 is 0 Å². The number of hydrogen-bond acceptors (Lipinski definition) is 7. The quantitative estimate of drug-likeness (QED) is 0.650. The third kappa shape index (κ3) is 5.42. The molecule has 34 heavy (non-hydrogen) atoms. The molecule has 2 aromatic rings. The van der Waals surface area contributed by atoms with E-state index in [4.69, 9.17) is 9.47 Å². The Kier molecular flexibility index (Phi) is 7.12. The maximum absolute atomic E-state index is 12.8. The van der Waals surface area contributed by atoms with E-state index in [9.17, 15) is 9.59 Å². The highest BCUT2D eigenvalue weighted by Crippen LogP contribution is 2.32. The molecule has 3 aliphatic rings. The Morgan fingerprint density at radius 1 is 1.21 bits per heavy atom. The zero-order chi connectivity index (χ0) is 23.5. The summed E-state index contributed by atoms with van der Waals surface area (Å²) >= 11 is 1.52. The molecule has 1 N–H and O–H groups in total. The first-order valence-corrected chi connectivity index (χ1v) is 13.0. The van der Waals surface area contributed by atoms with Crippen molar-refractivity contribution in [2.75, 3.05) is 45.9 Å². The summed E-state index contributed by atoms with van der Waals surface area (Å²) in [6.07, 6.45) is 1.02. The standard InChI is InChI=1S/C25H32N4O4S/c1-17-26-23(16-34-17)24(30)29-13-19-11-28(12-20(19)14-29)9-7-22(18-5-3-2-4-6-18)27-25(31)33-21-8-10-32-15-21/h2-6,16,19-22H,7-15H2,1H3,(H,27,31)/t19-,20?,21?,22?/m0/s1. The number of hydrogen-bond donors (Lipinski definition) is 1. The molecule has 0 bridgehead atoms. The Balaban J connectivity index is 1.13. The molecule has 3 aliphatic heterocycles. The minimum Gasteiger partial charge on any atom is -0.444 e. The first kappa shape index (κ1) is 23.3. The van der Waals surface area contributed by atoms with Gasteiger partial charge in [-0.3, -0.25) is 4.79 Å². The molecule has 5 rings (SSSR count). The lowest BCUT2D eigenvalue weighted by Crippen LogP contribution is -2.36. The van der Waals surface area contributed by atoms with Crippen molar-refractivity contribution in [2.24, 2.45) is 11.8 Å². The third-order valence-corrected chi connectivity index (χ3v) is 7.85. The Morgan fingerprint density at radius 2 is 1.97 bits per heavy atom. The Morgan fingerprint density at radius 3 is 2.62 bits per heavy atom. The van der Waals surface area contributed by atoms with Gasteiger partial charge in [0, 0.05) is 44.5 Å². The summed E-state index contributed by atoms with van der Waals surface area (Å²) in [5, 5.41) is 5.86. The number of rotatable bonds is 7. The van der Waals surface area contributed by atoms with Crippen LogP contribution in [0.2, 0.25) is 0 Å². The highest BCUT2D eigenvalue weighted by molar-refractivity contribution is 7.09. The number of ether oxygens (including phenoxy) is 2. The maximum atomic E-state index is 12.8. The van der Waals surface area contributed by atoms with Crippen molar-refractivity contribution in [3.8, 4) is 0 Å². The third-order valence-electron chi connectivity index (χ3n) is 7.08. The molecule has 8 nitrogen and oxygen atoms in total. The van der Waals surface area contributed by atoms with Gasteiger partial charge >= 0.3 is 6.09 Å². The van der Waals surface area contributed by atoms with Gasteiger partial charge in [-0.2, -0.15) is 0 Å². The molecule has 4 heterocycles. The molecular formula is C25H32N4O4S. The van der Waals surface area contributed by atoms with Gasteiger partial charge in [0.05, 0.1) is 24.3 Å². The number of amides is 2. The summed E-state index contributed by atoms with van der Waals surface area (Å²) in [5.74, 6) is 1.06. The summed E-state index contributed by atoms with van der Waals surface area (Å²) in [6, 6.07) is 9.96. The zero-order valence-corrected chi connectivity index (χ0v) is 20.3. The Hall–Kier alpha value is -2.49. The molecular weight excluding hydrogens is 452 g/mol. The first-order chi connectivity index (χ1) is 16.5. The molecule has 4 atom stereocenters.